The van der Waals surface area contributed by atoms with Gasteiger partial charge in [0.1, 0.15) is 5.56 Å². The second-order valence-corrected chi connectivity index (χ2v) is 7.60. The van der Waals surface area contributed by atoms with Crippen molar-refractivity contribution in [1.29, 1.82) is 0 Å². The van der Waals surface area contributed by atoms with E-state index in [1.165, 1.54) is 24.3 Å². The van der Waals surface area contributed by atoms with Crippen molar-refractivity contribution in [2.24, 2.45) is 0 Å². The van der Waals surface area contributed by atoms with Crippen LogP contribution in [0.15, 0.2) is 79.0 Å². The van der Waals surface area contributed by atoms with Gasteiger partial charge in [-0.05, 0) is 29.0 Å². The van der Waals surface area contributed by atoms with Gasteiger partial charge in [-0.25, -0.2) is 9.50 Å². The molecule has 174 valence electrons. The number of aromatic nitrogens is 3. The molecular weight excluding hydrogens is 463 g/mol. The van der Waals surface area contributed by atoms with Gasteiger partial charge in [-0.1, -0.05) is 42.5 Å². The fourth-order valence-electron chi connectivity index (χ4n) is 3.78. The first kappa shape index (κ1) is 22.0. The highest BCUT2D eigenvalue weighted by atomic mass is 19.4. The number of non-ortho nitro benzene ring substituents is 1. The van der Waals surface area contributed by atoms with Gasteiger partial charge in [0.2, 0.25) is 0 Å². The molecule has 0 unspecified atom stereocenters. The Bertz CT molecular complexity index is 1610. The van der Waals surface area contributed by atoms with Crippen molar-refractivity contribution in [2.45, 2.75) is 6.18 Å². The second kappa shape index (κ2) is 8.20. The maximum atomic E-state index is 13.9. The third-order valence-corrected chi connectivity index (χ3v) is 5.41. The van der Waals surface area contributed by atoms with Crippen LogP contribution in [0.5, 0.6) is 0 Å². The SMILES string of the molecule is O=C(Nc1ccc([N+](=O)[O-])cc1)c1cnn2c(C(F)(F)F)cc(-c3cccc4ccccc34)nc12. The average molecular weight is 477 g/mol. The Morgan fingerprint density at radius 1 is 1.00 bits per heavy atom. The maximum absolute atomic E-state index is 13.9. The summed E-state index contributed by atoms with van der Waals surface area (Å²) in [5.41, 5.74) is -0.986. The molecule has 35 heavy (non-hydrogen) atoms. The minimum atomic E-state index is -4.77. The molecule has 0 fully saturated rings. The summed E-state index contributed by atoms with van der Waals surface area (Å²) >= 11 is 0. The molecule has 5 rings (SSSR count). The number of nitrogens with zero attached hydrogens (tertiary/aromatic N) is 4. The van der Waals surface area contributed by atoms with Gasteiger partial charge in [0, 0.05) is 23.4 Å². The van der Waals surface area contributed by atoms with Gasteiger partial charge in [0.25, 0.3) is 11.6 Å². The zero-order chi connectivity index (χ0) is 24.7. The van der Waals surface area contributed by atoms with Crippen molar-refractivity contribution < 1.29 is 22.9 Å². The third-order valence-electron chi connectivity index (χ3n) is 5.41. The lowest BCUT2D eigenvalue weighted by molar-refractivity contribution is -0.384. The van der Waals surface area contributed by atoms with E-state index in [9.17, 15) is 28.1 Å². The van der Waals surface area contributed by atoms with Crippen LogP contribution in [0.25, 0.3) is 27.7 Å². The van der Waals surface area contributed by atoms with Crippen LogP contribution in [0.4, 0.5) is 24.5 Å². The van der Waals surface area contributed by atoms with E-state index in [4.69, 9.17) is 0 Å². The van der Waals surface area contributed by atoms with Crippen molar-refractivity contribution >= 4 is 33.7 Å². The fraction of sp³-hybridized carbons (Fsp3) is 0.0417. The number of alkyl halides is 3. The summed E-state index contributed by atoms with van der Waals surface area (Å²) in [6.07, 6.45) is -3.76. The van der Waals surface area contributed by atoms with Crippen LogP contribution in [-0.2, 0) is 6.18 Å². The molecule has 0 aliphatic heterocycles. The molecule has 0 aliphatic rings. The number of carbonyl (C=O) groups excluding carboxylic acids is 1. The van der Waals surface area contributed by atoms with Crippen LogP contribution in [0, 0.1) is 10.1 Å². The Morgan fingerprint density at radius 3 is 2.43 bits per heavy atom. The fourth-order valence-corrected chi connectivity index (χ4v) is 3.78. The molecule has 11 heteroatoms. The highest BCUT2D eigenvalue weighted by Crippen LogP contribution is 2.35. The van der Waals surface area contributed by atoms with Crippen LogP contribution in [-0.4, -0.2) is 25.4 Å². The molecule has 1 N–H and O–H groups in total. The van der Waals surface area contributed by atoms with Crippen molar-refractivity contribution in [2.75, 3.05) is 5.32 Å². The summed E-state index contributed by atoms with van der Waals surface area (Å²) in [4.78, 5) is 27.5. The predicted octanol–water partition coefficient (Wildman–Crippen LogP) is 5.73. The molecule has 0 saturated heterocycles. The molecule has 3 aromatic carbocycles. The first-order chi connectivity index (χ1) is 16.7. The lowest BCUT2D eigenvalue weighted by atomic mass is 10.0. The second-order valence-electron chi connectivity index (χ2n) is 7.60. The number of anilines is 1. The lowest BCUT2D eigenvalue weighted by Crippen LogP contribution is -2.16. The number of nitrogens with one attached hydrogen (secondary N) is 1. The number of benzene rings is 3. The van der Waals surface area contributed by atoms with Gasteiger partial charge >= 0.3 is 6.18 Å². The number of nitro groups is 1. The van der Waals surface area contributed by atoms with Crippen molar-refractivity contribution in [3.05, 3.63) is 100 Å². The Morgan fingerprint density at radius 2 is 1.71 bits per heavy atom. The zero-order valence-corrected chi connectivity index (χ0v) is 17.7. The molecule has 0 saturated carbocycles. The summed E-state index contributed by atoms with van der Waals surface area (Å²) in [6, 6.07) is 18.4. The minimum absolute atomic E-state index is 0.0338. The van der Waals surface area contributed by atoms with E-state index in [0.29, 0.717) is 15.5 Å². The number of amides is 1. The van der Waals surface area contributed by atoms with Gasteiger partial charge in [-0.15, -0.1) is 0 Å². The topological polar surface area (TPSA) is 102 Å². The van der Waals surface area contributed by atoms with E-state index < -0.39 is 22.7 Å². The van der Waals surface area contributed by atoms with E-state index in [2.05, 4.69) is 15.4 Å². The molecule has 2 aromatic heterocycles. The summed E-state index contributed by atoms with van der Waals surface area (Å²) in [6.45, 7) is 0. The zero-order valence-electron chi connectivity index (χ0n) is 17.7. The van der Waals surface area contributed by atoms with Crippen LogP contribution < -0.4 is 5.32 Å². The van der Waals surface area contributed by atoms with Gasteiger partial charge in [0.15, 0.2) is 11.3 Å². The summed E-state index contributed by atoms with van der Waals surface area (Å²) in [5.74, 6) is -0.760. The van der Waals surface area contributed by atoms with Crippen LogP contribution >= 0.6 is 0 Å². The third kappa shape index (κ3) is 4.03. The smallest absolute Gasteiger partial charge is 0.322 e. The molecule has 0 radical (unpaired) electrons. The number of carbonyl (C=O) groups is 1. The number of hydrogen-bond acceptors (Lipinski definition) is 5. The van der Waals surface area contributed by atoms with E-state index in [1.54, 1.807) is 24.3 Å². The minimum Gasteiger partial charge on any atom is -0.322 e. The number of hydrogen-bond donors (Lipinski definition) is 1. The van der Waals surface area contributed by atoms with E-state index in [-0.39, 0.29) is 28.3 Å². The van der Waals surface area contributed by atoms with Gasteiger partial charge in [0.05, 0.1) is 16.8 Å². The van der Waals surface area contributed by atoms with Crippen molar-refractivity contribution in [1.82, 2.24) is 14.6 Å². The summed E-state index contributed by atoms with van der Waals surface area (Å²) < 4.78 is 42.4. The molecule has 1 amide bonds. The number of fused-ring (bicyclic) bond motifs is 2. The largest absolute Gasteiger partial charge is 0.433 e. The van der Waals surface area contributed by atoms with Crippen LogP contribution in [0.1, 0.15) is 16.1 Å². The Kier molecular flexibility index (Phi) is 5.16. The van der Waals surface area contributed by atoms with Crippen LogP contribution in [0.3, 0.4) is 0 Å². The highest BCUT2D eigenvalue weighted by molar-refractivity contribution is 6.08. The first-order valence-corrected chi connectivity index (χ1v) is 10.2. The molecule has 0 atom stereocenters. The van der Waals surface area contributed by atoms with Crippen molar-refractivity contribution in [3.8, 4) is 11.3 Å². The molecule has 0 bridgehead atoms. The van der Waals surface area contributed by atoms with Gasteiger partial charge in [-0.2, -0.15) is 18.3 Å². The summed E-state index contributed by atoms with van der Waals surface area (Å²) in [7, 11) is 0. The van der Waals surface area contributed by atoms with Crippen molar-refractivity contribution in [3.63, 3.8) is 0 Å². The lowest BCUT2D eigenvalue weighted by Gasteiger charge is -2.13. The van der Waals surface area contributed by atoms with Crippen LogP contribution in [0.2, 0.25) is 0 Å². The van der Waals surface area contributed by atoms with Gasteiger partial charge < -0.3 is 5.32 Å². The Hall–Kier alpha value is -4.80. The number of nitro benzene ring substituents is 1. The first-order valence-electron chi connectivity index (χ1n) is 10.2. The predicted molar refractivity (Wildman–Crippen MR) is 122 cm³/mol. The standard InChI is InChI=1S/C24H14F3N5O3/c25-24(26,27)21-12-20(18-7-3-5-14-4-1-2-6-17(14)18)30-22-19(13-28-31(21)22)23(33)29-15-8-10-16(11-9-15)32(34)35/h1-13H,(H,29,33). The molecule has 0 aliphatic carbocycles. The number of halogens is 3. The Balaban J connectivity index is 1.63. The normalized spacial score (nSPS) is 11.6. The molecular formula is C24H14F3N5O3. The number of rotatable bonds is 4. The monoisotopic (exact) mass is 477 g/mol. The quantitative estimate of drug-likeness (QED) is 0.263. The maximum Gasteiger partial charge on any atom is 0.433 e. The molecule has 0 spiro atoms. The molecule has 5 aromatic rings. The molecule has 8 nitrogen and oxygen atoms in total. The molecule has 2 heterocycles. The van der Waals surface area contributed by atoms with Gasteiger partial charge in [-0.3, -0.25) is 14.9 Å². The average Bonchev–Trinajstić information content (AvgIpc) is 3.27. The highest BCUT2D eigenvalue weighted by Gasteiger charge is 2.36. The summed E-state index contributed by atoms with van der Waals surface area (Å²) in [5, 5.41) is 18.6. The van der Waals surface area contributed by atoms with E-state index in [1.807, 2.05) is 18.2 Å². The Labute approximate surface area is 194 Å². The van der Waals surface area contributed by atoms with E-state index in [0.717, 1.165) is 17.6 Å². The van der Waals surface area contributed by atoms with E-state index >= 15 is 0 Å².